The van der Waals surface area contributed by atoms with Crippen molar-refractivity contribution < 1.29 is 22.7 Å². The van der Waals surface area contributed by atoms with Crippen LogP contribution in [0, 0.1) is 6.92 Å². The fraction of sp³-hybridized carbons (Fsp3) is 0.138. The van der Waals surface area contributed by atoms with Gasteiger partial charge in [-0.3, -0.25) is 9.10 Å². The van der Waals surface area contributed by atoms with Crippen molar-refractivity contribution in [2.45, 2.75) is 24.9 Å². The van der Waals surface area contributed by atoms with E-state index in [-0.39, 0.29) is 36.0 Å². The molecule has 1 amide bonds. The molecule has 4 aromatic carbocycles. The SMILES string of the molecule is Cc1ccc(S(=O)(=O)N(Cc2ccc(Cl)cc2)c2ccccc2C(=O)NCc2ccc3c(c2)OCO3)cc1. The number of rotatable bonds is 8. The van der Waals surface area contributed by atoms with Crippen molar-refractivity contribution in [1.82, 2.24) is 5.32 Å². The molecule has 1 aliphatic rings. The molecule has 0 atom stereocenters. The van der Waals surface area contributed by atoms with E-state index in [2.05, 4.69) is 5.32 Å². The summed E-state index contributed by atoms with van der Waals surface area (Å²) in [5.74, 6) is 0.874. The Labute approximate surface area is 226 Å². The van der Waals surface area contributed by atoms with Crippen LogP contribution in [0.1, 0.15) is 27.0 Å². The maximum atomic E-state index is 13.9. The standard InChI is InChI=1S/C29H25ClN2O5S/c1-20-6-13-24(14-7-20)38(34,35)32(18-21-8-11-23(30)12-9-21)26-5-3-2-4-25(26)29(33)31-17-22-10-15-27-28(16-22)37-19-36-27/h2-16H,17-19H2,1H3,(H,31,33). The number of para-hydroxylation sites is 1. The van der Waals surface area contributed by atoms with Crippen LogP contribution in [0.15, 0.2) is 95.9 Å². The normalized spacial score (nSPS) is 12.3. The molecule has 0 saturated carbocycles. The lowest BCUT2D eigenvalue weighted by Crippen LogP contribution is -2.33. The fourth-order valence-corrected chi connectivity index (χ4v) is 5.70. The fourth-order valence-electron chi connectivity index (χ4n) is 4.10. The Hall–Kier alpha value is -4.01. The van der Waals surface area contributed by atoms with Crippen molar-refractivity contribution in [3.8, 4) is 11.5 Å². The van der Waals surface area contributed by atoms with Crippen LogP contribution in [0.2, 0.25) is 5.02 Å². The van der Waals surface area contributed by atoms with Crippen LogP contribution in [-0.4, -0.2) is 21.1 Å². The monoisotopic (exact) mass is 548 g/mol. The number of nitrogens with one attached hydrogen (secondary N) is 1. The summed E-state index contributed by atoms with van der Waals surface area (Å²) in [5, 5.41) is 3.44. The summed E-state index contributed by atoms with van der Waals surface area (Å²) in [5.41, 5.74) is 2.99. The van der Waals surface area contributed by atoms with Gasteiger partial charge in [-0.15, -0.1) is 0 Å². The van der Waals surface area contributed by atoms with Crippen LogP contribution in [0.25, 0.3) is 0 Å². The summed E-state index contributed by atoms with van der Waals surface area (Å²) in [6.07, 6.45) is 0. The lowest BCUT2D eigenvalue weighted by molar-refractivity contribution is 0.0951. The summed E-state index contributed by atoms with van der Waals surface area (Å²) in [6.45, 7) is 2.30. The van der Waals surface area contributed by atoms with E-state index in [0.717, 1.165) is 16.7 Å². The van der Waals surface area contributed by atoms with Crippen LogP contribution in [0.4, 0.5) is 5.69 Å². The molecule has 9 heteroatoms. The molecule has 0 aliphatic carbocycles. The molecular formula is C29H25ClN2O5S. The van der Waals surface area contributed by atoms with Gasteiger partial charge < -0.3 is 14.8 Å². The second kappa shape index (κ2) is 10.8. The van der Waals surface area contributed by atoms with Crippen LogP contribution in [0.5, 0.6) is 11.5 Å². The number of nitrogens with zero attached hydrogens (tertiary/aromatic N) is 1. The first kappa shape index (κ1) is 25.6. The van der Waals surface area contributed by atoms with Crippen LogP contribution < -0.4 is 19.1 Å². The van der Waals surface area contributed by atoms with Gasteiger partial charge in [0, 0.05) is 11.6 Å². The average Bonchev–Trinajstić information content (AvgIpc) is 3.39. The van der Waals surface area contributed by atoms with Crippen LogP contribution in [-0.2, 0) is 23.1 Å². The van der Waals surface area contributed by atoms with Gasteiger partial charge in [-0.05, 0) is 66.6 Å². The Bertz CT molecular complexity index is 1570. The van der Waals surface area contributed by atoms with Crippen LogP contribution in [0.3, 0.4) is 0 Å². The molecular weight excluding hydrogens is 524 g/mol. The summed E-state index contributed by atoms with van der Waals surface area (Å²) >= 11 is 6.05. The number of amides is 1. The lowest BCUT2D eigenvalue weighted by Gasteiger charge is -2.27. The number of carbonyl (C=O) groups excluding carboxylic acids is 1. The zero-order chi connectivity index (χ0) is 26.7. The third-order valence-electron chi connectivity index (χ3n) is 6.16. The maximum absolute atomic E-state index is 13.9. The van der Waals surface area contributed by atoms with Crippen LogP contribution >= 0.6 is 11.6 Å². The molecule has 1 aliphatic heterocycles. The number of hydrogen-bond acceptors (Lipinski definition) is 5. The zero-order valence-electron chi connectivity index (χ0n) is 20.6. The van der Waals surface area contributed by atoms with E-state index in [4.69, 9.17) is 21.1 Å². The smallest absolute Gasteiger partial charge is 0.264 e. The van der Waals surface area contributed by atoms with Crippen molar-refractivity contribution in [2.24, 2.45) is 0 Å². The summed E-state index contributed by atoms with van der Waals surface area (Å²) in [6, 6.07) is 25.7. The van der Waals surface area contributed by atoms with E-state index in [1.165, 1.54) is 4.31 Å². The first-order valence-corrected chi connectivity index (χ1v) is 13.7. The summed E-state index contributed by atoms with van der Waals surface area (Å²) in [7, 11) is -4.02. The Balaban J connectivity index is 1.48. The van der Waals surface area contributed by atoms with Gasteiger partial charge >= 0.3 is 0 Å². The average molecular weight is 549 g/mol. The van der Waals surface area contributed by atoms with E-state index < -0.39 is 15.9 Å². The first-order chi connectivity index (χ1) is 18.3. The lowest BCUT2D eigenvalue weighted by atomic mass is 10.1. The molecule has 7 nitrogen and oxygen atoms in total. The zero-order valence-corrected chi connectivity index (χ0v) is 22.1. The van der Waals surface area contributed by atoms with E-state index in [1.807, 2.05) is 19.1 Å². The number of benzene rings is 4. The molecule has 4 aromatic rings. The third-order valence-corrected chi connectivity index (χ3v) is 8.18. The molecule has 1 N–H and O–H groups in total. The molecule has 0 unspecified atom stereocenters. The predicted molar refractivity (Wildman–Crippen MR) is 146 cm³/mol. The molecule has 1 heterocycles. The van der Waals surface area contributed by atoms with Gasteiger partial charge in [0.15, 0.2) is 11.5 Å². The summed E-state index contributed by atoms with van der Waals surface area (Å²) < 4.78 is 39.9. The number of halogens is 1. The van der Waals surface area contributed by atoms with Gasteiger partial charge in [0.25, 0.3) is 15.9 Å². The second-order valence-corrected chi connectivity index (χ2v) is 11.1. The Morgan fingerprint density at radius 3 is 2.34 bits per heavy atom. The minimum absolute atomic E-state index is 0.0137. The van der Waals surface area contributed by atoms with E-state index in [1.54, 1.807) is 78.9 Å². The molecule has 38 heavy (non-hydrogen) atoms. The Kier molecular flexibility index (Phi) is 7.26. The first-order valence-electron chi connectivity index (χ1n) is 11.9. The van der Waals surface area contributed by atoms with Crippen molar-refractivity contribution in [3.63, 3.8) is 0 Å². The van der Waals surface area contributed by atoms with Crippen molar-refractivity contribution >= 4 is 33.2 Å². The number of hydrogen-bond donors (Lipinski definition) is 1. The van der Waals surface area contributed by atoms with Gasteiger partial charge in [0.05, 0.1) is 22.7 Å². The van der Waals surface area contributed by atoms with E-state index >= 15 is 0 Å². The largest absolute Gasteiger partial charge is 0.454 e. The van der Waals surface area contributed by atoms with Gasteiger partial charge in [0.2, 0.25) is 6.79 Å². The molecule has 0 saturated heterocycles. The third kappa shape index (κ3) is 5.46. The van der Waals surface area contributed by atoms with E-state index in [0.29, 0.717) is 16.5 Å². The molecule has 0 fully saturated rings. The quantitative estimate of drug-likeness (QED) is 0.305. The molecule has 0 bridgehead atoms. The topological polar surface area (TPSA) is 84.9 Å². The molecule has 0 spiro atoms. The minimum Gasteiger partial charge on any atom is -0.454 e. The number of fused-ring (bicyclic) bond motifs is 1. The Morgan fingerprint density at radius 2 is 1.58 bits per heavy atom. The second-order valence-electron chi connectivity index (χ2n) is 8.84. The Morgan fingerprint density at radius 1 is 0.895 bits per heavy atom. The van der Waals surface area contributed by atoms with Gasteiger partial charge in [-0.1, -0.05) is 59.6 Å². The highest BCUT2D eigenvalue weighted by Crippen LogP contribution is 2.33. The maximum Gasteiger partial charge on any atom is 0.264 e. The number of anilines is 1. The molecule has 0 radical (unpaired) electrons. The molecule has 194 valence electrons. The predicted octanol–water partition coefficient (Wildman–Crippen LogP) is 5.70. The van der Waals surface area contributed by atoms with Crippen molar-refractivity contribution in [3.05, 3.63) is 118 Å². The highest BCUT2D eigenvalue weighted by molar-refractivity contribution is 7.92. The highest BCUT2D eigenvalue weighted by Gasteiger charge is 2.28. The minimum atomic E-state index is -4.02. The summed E-state index contributed by atoms with van der Waals surface area (Å²) in [4.78, 5) is 13.5. The van der Waals surface area contributed by atoms with E-state index in [9.17, 15) is 13.2 Å². The highest BCUT2D eigenvalue weighted by atomic mass is 35.5. The molecule has 0 aromatic heterocycles. The van der Waals surface area contributed by atoms with Gasteiger partial charge in [-0.25, -0.2) is 8.42 Å². The molecule has 5 rings (SSSR count). The van der Waals surface area contributed by atoms with Crippen molar-refractivity contribution in [2.75, 3.05) is 11.1 Å². The number of ether oxygens (including phenoxy) is 2. The van der Waals surface area contributed by atoms with Gasteiger partial charge in [-0.2, -0.15) is 0 Å². The van der Waals surface area contributed by atoms with Crippen molar-refractivity contribution in [1.29, 1.82) is 0 Å². The number of sulfonamides is 1. The number of aryl methyl sites for hydroxylation is 1. The van der Waals surface area contributed by atoms with Gasteiger partial charge in [0.1, 0.15) is 0 Å². The number of carbonyl (C=O) groups is 1.